The lowest BCUT2D eigenvalue weighted by Crippen LogP contribution is -2.48. The van der Waals surface area contributed by atoms with Crippen LogP contribution in [0.25, 0.3) is 0 Å². The molecule has 0 spiro atoms. The number of methoxy groups -OCH3 is 1. The number of nitrogens with zero attached hydrogens (tertiary/aromatic N) is 1. The Kier molecular flexibility index (Phi) is 5.92. The minimum absolute atomic E-state index is 0.0197. The van der Waals surface area contributed by atoms with Crippen LogP contribution in [-0.2, 0) is 9.53 Å². The average molecular weight is 242 g/mol. The molecule has 100 valence electrons. The minimum atomic E-state index is 0.0197. The van der Waals surface area contributed by atoms with E-state index in [0.29, 0.717) is 12.5 Å². The lowest BCUT2D eigenvalue weighted by Gasteiger charge is -2.35. The van der Waals surface area contributed by atoms with Crippen molar-refractivity contribution in [3.8, 4) is 0 Å². The summed E-state index contributed by atoms with van der Waals surface area (Å²) in [5, 5.41) is 0. The summed E-state index contributed by atoms with van der Waals surface area (Å²) in [4.78, 5) is 14.1. The first kappa shape index (κ1) is 14.5. The predicted octanol–water partition coefficient (Wildman–Crippen LogP) is 1.24. The second-order valence-electron chi connectivity index (χ2n) is 5.20. The number of carbonyl (C=O) groups is 1. The van der Waals surface area contributed by atoms with Crippen molar-refractivity contribution in [3.05, 3.63) is 0 Å². The minimum Gasteiger partial charge on any atom is -0.385 e. The number of hydrogen-bond acceptors (Lipinski definition) is 3. The van der Waals surface area contributed by atoms with Gasteiger partial charge in [-0.25, -0.2) is 0 Å². The van der Waals surface area contributed by atoms with Crippen LogP contribution in [0.3, 0.4) is 0 Å². The molecule has 0 aromatic heterocycles. The molecule has 0 aromatic carbocycles. The molecular weight excluding hydrogens is 216 g/mol. The Bertz CT molecular complexity index is 246. The SMILES string of the molecule is COCCCN(C)C(=O)C1CCCC(C)C1N. The van der Waals surface area contributed by atoms with Gasteiger partial charge in [0.25, 0.3) is 0 Å². The third-order valence-corrected chi connectivity index (χ3v) is 3.83. The van der Waals surface area contributed by atoms with Gasteiger partial charge in [-0.1, -0.05) is 13.3 Å². The van der Waals surface area contributed by atoms with Crippen LogP contribution in [0.1, 0.15) is 32.6 Å². The van der Waals surface area contributed by atoms with Crippen LogP contribution in [0.5, 0.6) is 0 Å². The van der Waals surface area contributed by atoms with Gasteiger partial charge < -0.3 is 15.4 Å². The summed E-state index contributed by atoms with van der Waals surface area (Å²) < 4.78 is 4.99. The predicted molar refractivity (Wildman–Crippen MR) is 68.6 cm³/mol. The van der Waals surface area contributed by atoms with Gasteiger partial charge in [-0.05, 0) is 25.2 Å². The van der Waals surface area contributed by atoms with Crippen molar-refractivity contribution >= 4 is 5.91 Å². The normalized spacial score (nSPS) is 29.1. The molecule has 0 bridgehead atoms. The number of ether oxygens (including phenoxy) is 1. The van der Waals surface area contributed by atoms with E-state index < -0.39 is 0 Å². The second kappa shape index (κ2) is 6.97. The average Bonchev–Trinajstić information content (AvgIpc) is 2.32. The zero-order valence-corrected chi connectivity index (χ0v) is 11.3. The fourth-order valence-electron chi connectivity index (χ4n) is 2.57. The Balaban J connectivity index is 2.44. The number of rotatable bonds is 5. The summed E-state index contributed by atoms with van der Waals surface area (Å²) in [7, 11) is 3.55. The number of amides is 1. The van der Waals surface area contributed by atoms with E-state index in [9.17, 15) is 4.79 Å². The van der Waals surface area contributed by atoms with Crippen molar-refractivity contribution in [1.29, 1.82) is 0 Å². The molecule has 1 aliphatic carbocycles. The van der Waals surface area contributed by atoms with E-state index in [1.807, 2.05) is 11.9 Å². The van der Waals surface area contributed by atoms with Gasteiger partial charge in [-0.15, -0.1) is 0 Å². The highest BCUT2D eigenvalue weighted by atomic mass is 16.5. The van der Waals surface area contributed by atoms with Crippen LogP contribution >= 0.6 is 0 Å². The zero-order valence-electron chi connectivity index (χ0n) is 11.3. The molecular formula is C13H26N2O2. The molecule has 17 heavy (non-hydrogen) atoms. The van der Waals surface area contributed by atoms with Crippen LogP contribution in [0.2, 0.25) is 0 Å². The van der Waals surface area contributed by atoms with Crippen molar-refractivity contribution in [2.75, 3.05) is 27.3 Å². The van der Waals surface area contributed by atoms with Crippen LogP contribution in [0, 0.1) is 11.8 Å². The lowest BCUT2D eigenvalue weighted by atomic mass is 9.77. The molecule has 0 aromatic rings. The maximum atomic E-state index is 12.3. The van der Waals surface area contributed by atoms with E-state index in [0.717, 1.165) is 32.2 Å². The van der Waals surface area contributed by atoms with Crippen LogP contribution in [0.4, 0.5) is 0 Å². The molecule has 1 rings (SSSR count). The summed E-state index contributed by atoms with van der Waals surface area (Å²) in [6.45, 7) is 3.60. The summed E-state index contributed by atoms with van der Waals surface area (Å²) in [6, 6.07) is 0.0288. The quantitative estimate of drug-likeness (QED) is 0.738. The molecule has 3 unspecified atom stereocenters. The van der Waals surface area contributed by atoms with Gasteiger partial charge in [0.15, 0.2) is 0 Å². The molecule has 0 heterocycles. The molecule has 4 nitrogen and oxygen atoms in total. The molecule has 3 atom stereocenters. The molecule has 1 fully saturated rings. The van der Waals surface area contributed by atoms with E-state index in [1.54, 1.807) is 7.11 Å². The van der Waals surface area contributed by atoms with Crippen LogP contribution < -0.4 is 5.73 Å². The number of carbonyl (C=O) groups excluding carboxylic acids is 1. The van der Waals surface area contributed by atoms with Crippen LogP contribution in [-0.4, -0.2) is 44.2 Å². The van der Waals surface area contributed by atoms with E-state index >= 15 is 0 Å². The van der Waals surface area contributed by atoms with Crippen molar-refractivity contribution in [3.63, 3.8) is 0 Å². The lowest BCUT2D eigenvalue weighted by molar-refractivity contribution is -0.136. The number of hydrogen-bond donors (Lipinski definition) is 1. The van der Waals surface area contributed by atoms with E-state index in [2.05, 4.69) is 6.92 Å². The van der Waals surface area contributed by atoms with Gasteiger partial charge in [0.05, 0.1) is 5.92 Å². The third kappa shape index (κ3) is 3.96. The third-order valence-electron chi connectivity index (χ3n) is 3.83. The largest absolute Gasteiger partial charge is 0.385 e. The summed E-state index contributed by atoms with van der Waals surface area (Å²) in [5.41, 5.74) is 6.14. The van der Waals surface area contributed by atoms with Gasteiger partial charge in [0.1, 0.15) is 0 Å². The van der Waals surface area contributed by atoms with Gasteiger partial charge in [-0.3, -0.25) is 4.79 Å². The Hall–Kier alpha value is -0.610. The van der Waals surface area contributed by atoms with Gasteiger partial charge in [0.2, 0.25) is 5.91 Å². The maximum Gasteiger partial charge on any atom is 0.226 e. The van der Waals surface area contributed by atoms with Crippen molar-refractivity contribution in [1.82, 2.24) is 4.90 Å². The summed E-state index contributed by atoms with van der Waals surface area (Å²) >= 11 is 0. The zero-order chi connectivity index (χ0) is 12.8. The van der Waals surface area contributed by atoms with Crippen molar-refractivity contribution < 1.29 is 9.53 Å². The molecule has 0 aliphatic heterocycles. The molecule has 1 amide bonds. The molecule has 1 saturated carbocycles. The molecule has 0 radical (unpaired) electrons. The standard InChI is InChI=1S/C13H26N2O2/c1-10-6-4-7-11(12(10)14)13(16)15(2)8-5-9-17-3/h10-12H,4-9,14H2,1-3H3. The second-order valence-corrected chi connectivity index (χ2v) is 5.20. The molecule has 4 heteroatoms. The van der Waals surface area contributed by atoms with E-state index in [-0.39, 0.29) is 17.9 Å². The van der Waals surface area contributed by atoms with Crippen LogP contribution in [0.15, 0.2) is 0 Å². The first-order valence-corrected chi connectivity index (χ1v) is 6.57. The Labute approximate surface area is 104 Å². The summed E-state index contributed by atoms with van der Waals surface area (Å²) in [5.74, 6) is 0.691. The highest BCUT2D eigenvalue weighted by molar-refractivity contribution is 5.79. The smallest absolute Gasteiger partial charge is 0.226 e. The Morgan fingerprint density at radius 3 is 2.82 bits per heavy atom. The Morgan fingerprint density at radius 1 is 1.47 bits per heavy atom. The summed E-state index contributed by atoms with van der Waals surface area (Å²) in [6.07, 6.45) is 4.10. The van der Waals surface area contributed by atoms with Crippen molar-refractivity contribution in [2.45, 2.75) is 38.6 Å². The van der Waals surface area contributed by atoms with Gasteiger partial charge >= 0.3 is 0 Å². The van der Waals surface area contributed by atoms with Gasteiger partial charge in [0, 0.05) is 33.4 Å². The Morgan fingerprint density at radius 2 is 2.18 bits per heavy atom. The first-order chi connectivity index (χ1) is 8.07. The fourth-order valence-corrected chi connectivity index (χ4v) is 2.57. The monoisotopic (exact) mass is 242 g/mol. The molecule has 1 aliphatic rings. The number of nitrogens with two attached hydrogens (primary N) is 1. The molecule has 2 N–H and O–H groups in total. The highest BCUT2D eigenvalue weighted by Crippen LogP contribution is 2.28. The molecule has 0 saturated heterocycles. The van der Waals surface area contributed by atoms with Crippen molar-refractivity contribution in [2.24, 2.45) is 17.6 Å². The van der Waals surface area contributed by atoms with Gasteiger partial charge in [-0.2, -0.15) is 0 Å². The van der Waals surface area contributed by atoms with E-state index in [1.165, 1.54) is 0 Å². The fraction of sp³-hybridized carbons (Fsp3) is 0.923. The topological polar surface area (TPSA) is 55.6 Å². The highest BCUT2D eigenvalue weighted by Gasteiger charge is 2.34. The maximum absolute atomic E-state index is 12.3. The first-order valence-electron chi connectivity index (χ1n) is 6.57. The van der Waals surface area contributed by atoms with E-state index in [4.69, 9.17) is 10.5 Å².